The van der Waals surface area contributed by atoms with Crippen molar-refractivity contribution in [1.29, 1.82) is 0 Å². The van der Waals surface area contributed by atoms with Crippen molar-refractivity contribution in [2.45, 2.75) is 73.1 Å². The Labute approximate surface area is 125 Å². The van der Waals surface area contributed by atoms with Gasteiger partial charge in [-0.1, -0.05) is 65.2 Å². The minimum atomic E-state index is 0.434. The van der Waals surface area contributed by atoms with Crippen LogP contribution in [0.4, 0.5) is 0 Å². The Bertz CT molecular complexity index is 453. The molecule has 0 heterocycles. The zero-order valence-electron chi connectivity index (χ0n) is 14.1. The Morgan fingerprint density at radius 1 is 1.20 bits per heavy atom. The van der Waals surface area contributed by atoms with E-state index in [-0.39, 0.29) is 0 Å². The monoisotopic (exact) mass is 272 g/mol. The van der Waals surface area contributed by atoms with Crippen LogP contribution in [0, 0.1) is 28.6 Å². The van der Waals surface area contributed by atoms with Crippen molar-refractivity contribution in [2.24, 2.45) is 28.6 Å². The fraction of sp³-hybridized carbons (Fsp3) is 0.800. The Morgan fingerprint density at radius 2 is 1.95 bits per heavy atom. The molecule has 112 valence electrons. The van der Waals surface area contributed by atoms with Crippen LogP contribution < -0.4 is 0 Å². The second-order valence-corrected chi connectivity index (χ2v) is 8.49. The topological polar surface area (TPSA) is 0 Å². The molecule has 0 heteroatoms. The van der Waals surface area contributed by atoms with Crippen molar-refractivity contribution in [3.63, 3.8) is 0 Å². The van der Waals surface area contributed by atoms with E-state index in [1.807, 2.05) is 0 Å². The van der Waals surface area contributed by atoms with Gasteiger partial charge in [0, 0.05) is 0 Å². The van der Waals surface area contributed by atoms with Crippen molar-refractivity contribution >= 4 is 0 Å². The Morgan fingerprint density at radius 3 is 2.65 bits per heavy atom. The predicted molar refractivity (Wildman–Crippen MR) is 87.6 cm³/mol. The number of hydrogen-bond donors (Lipinski definition) is 0. The zero-order valence-corrected chi connectivity index (χ0v) is 14.1. The molecule has 0 saturated heterocycles. The van der Waals surface area contributed by atoms with Crippen LogP contribution in [0.3, 0.4) is 0 Å². The average Bonchev–Trinajstić information content (AvgIpc) is 2.39. The number of hydrogen-bond acceptors (Lipinski definition) is 0. The lowest BCUT2D eigenvalue weighted by Gasteiger charge is -2.60. The summed E-state index contributed by atoms with van der Waals surface area (Å²) < 4.78 is 0. The third-order valence-corrected chi connectivity index (χ3v) is 7.35. The summed E-state index contributed by atoms with van der Waals surface area (Å²) in [6.07, 6.45) is 13.5. The molecule has 4 atom stereocenters. The van der Waals surface area contributed by atoms with Gasteiger partial charge < -0.3 is 0 Å². The minimum absolute atomic E-state index is 0.434. The van der Waals surface area contributed by atoms with Gasteiger partial charge in [-0.05, 0) is 59.8 Å². The lowest BCUT2D eigenvalue weighted by Crippen LogP contribution is -2.51. The highest BCUT2D eigenvalue weighted by atomic mass is 14.6. The summed E-state index contributed by atoms with van der Waals surface area (Å²) in [5, 5.41) is 0. The molecule has 0 aromatic carbocycles. The second-order valence-electron chi connectivity index (χ2n) is 8.49. The molecule has 0 bridgehead atoms. The molecule has 0 aromatic heterocycles. The first kappa shape index (κ1) is 14.4. The third-order valence-electron chi connectivity index (χ3n) is 7.35. The van der Waals surface area contributed by atoms with Crippen LogP contribution in [-0.2, 0) is 0 Å². The highest BCUT2D eigenvalue weighted by molar-refractivity contribution is 5.39. The van der Waals surface area contributed by atoms with Gasteiger partial charge in [-0.25, -0.2) is 0 Å². The summed E-state index contributed by atoms with van der Waals surface area (Å²) >= 11 is 0. The molecule has 0 spiro atoms. The number of rotatable bonds is 1. The van der Waals surface area contributed by atoms with Gasteiger partial charge in [0.05, 0.1) is 0 Å². The maximum absolute atomic E-state index is 2.62. The van der Waals surface area contributed by atoms with Crippen LogP contribution in [0.5, 0.6) is 0 Å². The molecule has 3 aliphatic rings. The zero-order chi connectivity index (χ0) is 14.5. The van der Waals surface area contributed by atoms with E-state index in [0.717, 1.165) is 17.8 Å². The van der Waals surface area contributed by atoms with Crippen LogP contribution in [-0.4, -0.2) is 0 Å². The van der Waals surface area contributed by atoms with Crippen LogP contribution in [0.1, 0.15) is 73.1 Å². The van der Waals surface area contributed by atoms with E-state index in [2.05, 4.69) is 46.8 Å². The second kappa shape index (κ2) is 4.75. The Balaban J connectivity index is 2.03. The quantitative estimate of drug-likeness (QED) is 0.537. The smallest absolute Gasteiger partial charge is 0.00188 e. The van der Waals surface area contributed by atoms with Gasteiger partial charge in [-0.3, -0.25) is 0 Å². The largest absolute Gasteiger partial charge is 0.0804 e. The van der Waals surface area contributed by atoms with E-state index in [1.54, 1.807) is 11.1 Å². The molecule has 3 aliphatic carbocycles. The van der Waals surface area contributed by atoms with Crippen LogP contribution in [0.15, 0.2) is 23.3 Å². The number of fused-ring (bicyclic) bond motifs is 3. The summed E-state index contributed by atoms with van der Waals surface area (Å²) in [5.41, 5.74) is 4.33. The Hall–Kier alpha value is -0.520. The molecule has 3 rings (SSSR count). The van der Waals surface area contributed by atoms with E-state index in [4.69, 9.17) is 0 Å². The molecule has 0 nitrogen and oxygen atoms in total. The summed E-state index contributed by atoms with van der Waals surface area (Å²) in [5.74, 6) is 2.55. The lowest BCUT2D eigenvalue weighted by molar-refractivity contribution is -0.0448. The van der Waals surface area contributed by atoms with E-state index in [1.165, 1.54) is 38.5 Å². The average molecular weight is 272 g/mol. The highest BCUT2D eigenvalue weighted by Gasteiger charge is 2.55. The number of allylic oxidation sites excluding steroid dienone is 4. The van der Waals surface area contributed by atoms with Crippen molar-refractivity contribution in [3.05, 3.63) is 23.3 Å². The Kier molecular flexibility index (Phi) is 3.42. The summed E-state index contributed by atoms with van der Waals surface area (Å²) in [6.45, 7) is 12.4. The third kappa shape index (κ3) is 1.86. The SMILES string of the molecule is CC(C)C1=CC2=CCC3C(C)CCCC3(C)[C@@]2(C)CC1. The molecule has 3 unspecified atom stereocenters. The van der Waals surface area contributed by atoms with E-state index >= 15 is 0 Å². The molecule has 20 heavy (non-hydrogen) atoms. The molecular formula is C20H32. The predicted octanol–water partition coefficient (Wildman–Crippen LogP) is 6.14. The van der Waals surface area contributed by atoms with Crippen LogP contribution in [0.2, 0.25) is 0 Å². The fourth-order valence-corrected chi connectivity index (χ4v) is 5.56. The molecule has 1 saturated carbocycles. The van der Waals surface area contributed by atoms with E-state index in [9.17, 15) is 0 Å². The maximum atomic E-state index is 2.62. The summed E-state index contributed by atoms with van der Waals surface area (Å²) in [6, 6.07) is 0. The molecule has 0 aliphatic heterocycles. The first-order valence-corrected chi connectivity index (χ1v) is 8.79. The van der Waals surface area contributed by atoms with Crippen molar-refractivity contribution < 1.29 is 0 Å². The molecule has 0 amide bonds. The fourth-order valence-electron chi connectivity index (χ4n) is 5.56. The first-order valence-electron chi connectivity index (χ1n) is 8.79. The minimum Gasteiger partial charge on any atom is -0.0804 e. The van der Waals surface area contributed by atoms with Gasteiger partial charge in [0.1, 0.15) is 0 Å². The van der Waals surface area contributed by atoms with E-state index in [0.29, 0.717) is 10.8 Å². The van der Waals surface area contributed by atoms with Gasteiger partial charge in [0.25, 0.3) is 0 Å². The van der Waals surface area contributed by atoms with E-state index < -0.39 is 0 Å². The van der Waals surface area contributed by atoms with Gasteiger partial charge in [0.2, 0.25) is 0 Å². The molecule has 0 aromatic rings. The first-order chi connectivity index (χ1) is 9.38. The normalized spacial score (nSPS) is 44.5. The lowest BCUT2D eigenvalue weighted by atomic mass is 9.44. The molecule has 1 fully saturated rings. The van der Waals surface area contributed by atoms with Crippen LogP contribution in [0.25, 0.3) is 0 Å². The van der Waals surface area contributed by atoms with Crippen molar-refractivity contribution in [2.75, 3.05) is 0 Å². The standard InChI is InChI=1S/C20H32/c1-14(2)16-10-12-19(4)17(13-16)8-9-18-15(3)7-6-11-20(18,19)5/h8,13-15,18H,6-7,9-12H2,1-5H3/t15?,18?,19-,20?/m0/s1. The van der Waals surface area contributed by atoms with Crippen molar-refractivity contribution in [3.8, 4) is 0 Å². The molecular weight excluding hydrogens is 240 g/mol. The van der Waals surface area contributed by atoms with Crippen LogP contribution >= 0.6 is 0 Å². The summed E-state index contributed by atoms with van der Waals surface area (Å²) in [4.78, 5) is 0. The van der Waals surface area contributed by atoms with Crippen molar-refractivity contribution in [1.82, 2.24) is 0 Å². The van der Waals surface area contributed by atoms with Gasteiger partial charge >= 0.3 is 0 Å². The maximum Gasteiger partial charge on any atom is -0.00188 e. The van der Waals surface area contributed by atoms with Gasteiger partial charge in [-0.15, -0.1) is 0 Å². The highest BCUT2D eigenvalue weighted by Crippen LogP contribution is 2.64. The molecule has 0 N–H and O–H groups in total. The van der Waals surface area contributed by atoms with Gasteiger partial charge in [0.15, 0.2) is 0 Å². The summed E-state index contributed by atoms with van der Waals surface area (Å²) in [7, 11) is 0. The van der Waals surface area contributed by atoms with Gasteiger partial charge in [-0.2, -0.15) is 0 Å². The molecule has 0 radical (unpaired) electrons.